The number of hydrogen-bond acceptors (Lipinski definition) is 6. The van der Waals surface area contributed by atoms with Crippen LogP contribution in [0.1, 0.15) is 30.1 Å². The molecule has 3 rings (SSSR count). The quantitative estimate of drug-likeness (QED) is 0.585. The van der Waals surface area contributed by atoms with Crippen molar-refractivity contribution in [3.8, 4) is 0 Å². The Morgan fingerprint density at radius 3 is 2.18 bits per heavy atom. The maximum atomic E-state index is 13.1. The van der Waals surface area contributed by atoms with E-state index in [1.165, 1.54) is 47.6 Å². The molecular formula is C22H24FN3O6S. The highest BCUT2D eigenvalue weighted by molar-refractivity contribution is 7.89. The molecule has 1 aliphatic heterocycles. The number of esters is 1. The molecule has 11 heteroatoms. The SMILES string of the molecule is C[C@@H](OC(=O)C1CCN(S(=O)(=O)c2ccc(F)cc2)CC1)C(=O)Nc1ccc(C(N)=O)cc1. The Morgan fingerprint density at radius 1 is 1.06 bits per heavy atom. The molecule has 0 bridgehead atoms. The number of halogens is 1. The lowest BCUT2D eigenvalue weighted by molar-refractivity contribution is -0.158. The van der Waals surface area contributed by atoms with Crippen molar-refractivity contribution in [1.82, 2.24) is 4.31 Å². The number of amides is 2. The summed E-state index contributed by atoms with van der Waals surface area (Å²) >= 11 is 0. The van der Waals surface area contributed by atoms with Crippen LogP contribution in [0, 0.1) is 11.7 Å². The normalized spacial score (nSPS) is 16.1. The molecule has 3 N–H and O–H groups in total. The molecule has 1 fully saturated rings. The highest BCUT2D eigenvalue weighted by Gasteiger charge is 2.34. The van der Waals surface area contributed by atoms with Gasteiger partial charge in [-0.05, 0) is 68.3 Å². The average molecular weight is 478 g/mol. The minimum atomic E-state index is -3.79. The summed E-state index contributed by atoms with van der Waals surface area (Å²) in [4.78, 5) is 35.9. The maximum Gasteiger partial charge on any atom is 0.309 e. The predicted molar refractivity (Wildman–Crippen MR) is 117 cm³/mol. The van der Waals surface area contributed by atoms with Crippen molar-refractivity contribution >= 4 is 33.5 Å². The van der Waals surface area contributed by atoms with Crippen molar-refractivity contribution in [2.45, 2.75) is 30.8 Å². The summed E-state index contributed by atoms with van der Waals surface area (Å²) in [6.07, 6.45) is -0.598. The number of piperidine rings is 1. The molecule has 0 unspecified atom stereocenters. The third-order valence-electron chi connectivity index (χ3n) is 5.34. The smallest absolute Gasteiger partial charge is 0.309 e. The van der Waals surface area contributed by atoms with Crippen molar-refractivity contribution in [3.63, 3.8) is 0 Å². The number of primary amides is 1. The van der Waals surface area contributed by atoms with Crippen LogP contribution in [0.25, 0.3) is 0 Å². The molecular weight excluding hydrogens is 453 g/mol. The van der Waals surface area contributed by atoms with Gasteiger partial charge in [0.15, 0.2) is 6.10 Å². The topological polar surface area (TPSA) is 136 Å². The van der Waals surface area contributed by atoms with Gasteiger partial charge in [0, 0.05) is 24.3 Å². The van der Waals surface area contributed by atoms with E-state index >= 15 is 0 Å². The molecule has 1 saturated heterocycles. The second-order valence-electron chi connectivity index (χ2n) is 7.64. The van der Waals surface area contributed by atoms with E-state index in [0.717, 1.165) is 12.1 Å². The second-order valence-corrected chi connectivity index (χ2v) is 9.58. The van der Waals surface area contributed by atoms with Gasteiger partial charge >= 0.3 is 5.97 Å². The molecule has 176 valence electrons. The van der Waals surface area contributed by atoms with Gasteiger partial charge in [-0.25, -0.2) is 12.8 Å². The molecule has 1 heterocycles. The van der Waals surface area contributed by atoms with Crippen LogP contribution in [0.2, 0.25) is 0 Å². The van der Waals surface area contributed by atoms with Crippen LogP contribution in [0.3, 0.4) is 0 Å². The largest absolute Gasteiger partial charge is 0.452 e. The van der Waals surface area contributed by atoms with E-state index in [9.17, 15) is 27.2 Å². The number of ether oxygens (including phenoxy) is 1. The van der Waals surface area contributed by atoms with Gasteiger partial charge in [-0.1, -0.05) is 0 Å². The number of nitrogens with zero attached hydrogens (tertiary/aromatic N) is 1. The van der Waals surface area contributed by atoms with Crippen LogP contribution in [-0.2, 0) is 24.3 Å². The number of sulfonamides is 1. The van der Waals surface area contributed by atoms with Crippen molar-refractivity contribution < 1.29 is 31.9 Å². The Balaban J connectivity index is 1.51. The number of hydrogen-bond donors (Lipinski definition) is 2. The first-order valence-corrected chi connectivity index (χ1v) is 11.7. The molecule has 2 aromatic rings. The van der Waals surface area contributed by atoms with E-state index < -0.39 is 45.6 Å². The zero-order valence-corrected chi connectivity index (χ0v) is 18.7. The lowest BCUT2D eigenvalue weighted by Gasteiger charge is -2.30. The predicted octanol–water partition coefficient (Wildman–Crippen LogP) is 1.90. The number of carbonyl (C=O) groups is 3. The fraction of sp³-hybridized carbons (Fsp3) is 0.318. The van der Waals surface area contributed by atoms with Crippen molar-refractivity contribution in [2.75, 3.05) is 18.4 Å². The van der Waals surface area contributed by atoms with Gasteiger partial charge in [-0.15, -0.1) is 0 Å². The molecule has 1 aliphatic rings. The molecule has 0 saturated carbocycles. The van der Waals surface area contributed by atoms with Gasteiger partial charge in [0.25, 0.3) is 5.91 Å². The van der Waals surface area contributed by atoms with Crippen LogP contribution in [0.15, 0.2) is 53.4 Å². The minimum absolute atomic E-state index is 0.0147. The molecule has 1 atom stereocenters. The van der Waals surface area contributed by atoms with Crippen LogP contribution in [-0.4, -0.2) is 49.7 Å². The summed E-state index contributed by atoms with van der Waals surface area (Å²) in [6.45, 7) is 1.64. The Labute approximate surface area is 190 Å². The standard InChI is InChI=1S/C22H24FN3O6S/c1-14(21(28)25-18-6-2-15(3-7-18)20(24)27)32-22(29)16-10-12-26(13-11-16)33(30,31)19-8-4-17(23)5-9-19/h2-9,14,16H,10-13H2,1H3,(H2,24,27)(H,25,28)/t14-/m1/s1. The number of anilines is 1. The van der Waals surface area contributed by atoms with Gasteiger partial charge < -0.3 is 15.8 Å². The molecule has 33 heavy (non-hydrogen) atoms. The summed E-state index contributed by atoms with van der Waals surface area (Å²) in [7, 11) is -3.79. The number of rotatable bonds is 7. The van der Waals surface area contributed by atoms with Gasteiger partial charge in [0.1, 0.15) is 5.82 Å². The number of nitrogens with one attached hydrogen (secondary N) is 1. The Hall–Kier alpha value is -3.31. The van der Waals surface area contributed by atoms with Crippen LogP contribution >= 0.6 is 0 Å². The highest BCUT2D eigenvalue weighted by atomic mass is 32.2. The first kappa shape index (κ1) is 24.3. The fourth-order valence-corrected chi connectivity index (χ4v) is 4.84. The summed E-state index contributed by atoms with van der Waals surface area (Å²) in [5.74, 6) is -2.80. The van der Waals surface area contributed by atoms with Crippen LogP contribution in [0.4, 0.5) is 10.1 Å². The van der Waals surface area contributed by atoms with Gasteiger partial charge in [-0.2, -0.15) is 4.31 Å². The summed E-state index contributed by atoms with van der Waals surface area (Å²) in [6, 6.07) is 10.5. The number of benzene rings is 2. The number of nitrogens with two attached hydrogens (primary N) is 1. The first-order valence-electron chi connectivity index (χ1n) is 10.2. The zero-order valence-electron chi connectivity index (χ0n) is 17.9. The third-order valence-corrected chi connectivity index (χ3v) is 7.25. The van der Waals surface area contributed by atoms with Crippen molar-refractivity contribution in [3.05, 3.63) is 59.9 Å². The van der Waals surface area contributed by atoms with Crippen molar-refractivity contribution in [1.29, 1.82) is 0 Å². The summed E-state index contributed by atoms with van der Waals surface area (Å²) in [5.41, 5.74) is 5.87. The van der Waals surface area contributed by atoms with E-state index in [0.29, 0.717) is 11.3 Å². The summed E-state index contributed by atoms with van der Waals surface area (Å²) in [5, 5.41) is 2.58. The summed E-state index contributed by atoms with van der Waals surface area (Å²) < 4.78 is 45.0. The Bertz CT molecular complexity index is 1130. The maximum absolute atomic E-state index is 13.1. The Kier molecular flexibility index (Phi) is 7.44. The van der Waals surface area contributed by atoms with E-state index in [4.69, 9.17) is 10.5 Å². The van der Waals surface area contributed by atoms with Crippen LogP contribution < -0.4 is 11.1 Å². The molecule has 0 radical (unpaired) electrons. The molecule has 2 aromatic carbocycles. The molecule has 0 spiro atoms. The van der Waals surface area contributed by atoms with Crippen LogP contribution in [0.5, 0.6) is 0 Å². The molecule has 0 aliphatic carbocycles. The Morgan fingerprint density at radius 2 is 1.64 bits per heavy atom. The van der Waals surface area contributed by atoms with E-state index in [1.54, 1.807) is 0 Å². The van der Waals surface area contributed by atoms with Gasteiger partial charge in [0.05, 0.1) is 10.8 Å². The van der Waals surface area contributed by atoms with Gasteiger partial charge in [0.2, 0.25) is 15.9 Å². The highest BCUT2D eigenvalue weighted by Crippen LogP contribution is 2.25. The molecule has 0 aromatic heterocycles. The number of carbonyl (C=O) groups excluding carboxylic acids is 3. The van der Waals surface area contributed by atoms with E-state index in [-0.39, 0.29) is 30.8 Å². The first-order chi connectivity index (χ1) is 15.6. The lowest BCUT2D eigenvalue weighted by atomic mass is 9.98. The zero-order chi connectivity index (χ0) is 24.2. The molecule has 9 nitrogen and oxygen atoms in total. The lowest BCUT2D eigenvalue weighted by Crippen LogP contribution is -2.41. The average Bonchev–Trinajstić information content (AvgIpc) is 2.79. The van der Waals surface area contributed by atoms with E-state index in [2.05, 4.69) is 5.32 Å². The minimum Gasteiger partial charge on any atom is -0.452 e. The third kappa shape index (κ3) is 5.93. The monoisotopic (exact) mass is 477 g/mol. The van der Waals surface area contributed by atoms with Crippen molar-refractivity contribution in [2.24, 2.45) is 11.7 Å². The van der Waals surface area contributed by atoms with E-state index in [1.807, 2.05) is 0 Å². The molecule has 2 amide bonds. The fourth-order valence-electron chi connectivity index (χ4n) is 3.37. The second kappa shape index (κ2) is 10.1. The van der Waals surface area contributed by atoms with Gasteiger partial charge in [-0.3, -0.25) is 14.4 Å².